The number of carboxylic acids is 1. The summed E-state index contributed by atoms with van der Waals surface area (Å²) >= 11 is 0. The SMILES string of the molecule is CCC(C)N(CC(=O)O)C(=O)C1CCCN(S(C)(=O)=O)C1. The van der Waals surface area contributed by atoms with Crippen LogP contribution in [-0.2, 0) is 19.6 Å². The fourth-order valence-electron chi connectivity index (χ4n) is 2.50. The van der Waals surface area contributed by atoms with Crippen molar-refractivity contribution in [3.63, 3.8) is 0 Å². The van der Waals surface area contributed by atoms with Crippen LogP contribution in [0.4, 0.5) is 0 Å². The zero-order valence-corrected chi connectivity index (χ0v) is 13.6. The number of rotatable bonds is 6. The monoisotopic (exact) mass is 320 g/mol. The Balaban J connectivity index is 2.85. The lowest BCUT2D eigenvalue weighted by molar-refractivity contribution is -0.148. The number of hydrogen-bond donors (Lipinski definition) is 1. The number of sulfonamides is 1. The quantitative estimate of drug-likeness (QED) is 0.763. The van der Waals surface area contributed by atoms with Gasteiger partial charge in [0.15, 0.2) is 0 Å². The highest BCUT2D eigenvalue weighted by Crippen LogP contribution is 2.22. The second-order valence-corrected chi connectivity index (χ2v) is 7.56. The van der Waals surface area contributed by atoms with E-state index in [0.717, 1.165) is 6.26 Å². The zero-order valence-electron chi connectivity index (χ0n) is 12.8. The Bertz CT molecular complexity index is 491. The second kappa shape index (κ2) is 7.22. The average Bonchev–Trinajstić information content (AvgIpc) is 2.42. The van der Waals surface area contributed by atoms with E-state index in [9.17, 15) is 18.0 Å². The number of carboxylic acid groups (broad SMARTS) is 1. The first-order valence-corrected chi connectivity index (χ1v) is 8.99. The van der Waals surface area contributed by atoms with Crippen molar-refractivity contribution in [2.45, 2.75) is 39.2 Å². The lowest BCUT2D eigenvalue weighted by atomic mass is 9.97. The van der Waals surface area contributed by atoms with Gasteiger partial charge in [0.1, 0.15) is 6.54 Å². The van der Waals surface area contributed by atoms with Gasteiger partial charge in [-0.05, 0) is 26.2 Å². The third-order valence-corrected chi connectivity index (χ3v) is 5.18. The molecular formula is C13H24N2O5S. The minimum absolute atomic E-state index is 0.143. The molecule has 0 saturated carbocycles. The first kappa shape index (κ1) is 17.9. The van der Waals surface area contributed by atoms with Gasteiger partial charge in [0.2, 0.25) is 15.9 Å². The highest BCUT2D eigenvalue weighted by Gasteiger charge is 2.34. The largest absolute Gasteiger partial charge is 0.480 e. The van der Waals surface area contributed by atoms with Crippen LogP contribution in [0.25, 0.3) is 0 Å². The molecule has 0 spiro atoms. The Kier molecular flexibility index (Phi) is 6.15. The summed E-state index contributed by atoms with van der Waals surface area (Å²) < 4.78 is 24.5. The molecule has 1 N–H and O–H groups in total. The highest BCUT2D eigenvalue weighted by molar-refractivity contribution is 7.88. The third-order valence-electron chi connectivity index (χ3n) is 3.91. The predicted molar refractivity (Wildman–Crippen MR) is 78.2 cm³/mol. The van der Waals surface area contributed by atoms with Gasteiger partial charge in [-0.1, -0.05) is 6.92 Å². The van der Waals surface area contributed by atoms with E-state index < -0.39 is 21.9 Å². The summed E-state index contributed by atoms with van der Waals surface area (Å²) in [7, 11) is -3.32. The molecule has 0 aromatic carbocycles. The van der Waals surface area contributed by atoms with Crippen LogP contribution < -0.4 is 0 Å². The van der Waals surface area contributed by atoms with E-state index in [2.05, 4.69) is 0 Å². The van der Waals surface area contributed by atoms with Crippen LogP contribution in [0.15, 0.2) is 0 Å². The Morgan fingerprint density at radius 3 is 2.52 bits per heavy atom. The summed E-state index contributed by atoms with van der Waals surface area (Å²) in [5.41, 5.74) is 0. The normalized spacial score (nSPS) is 21.8. The standard InChI is InChI=1S/C13H24N2O5S/c1-4-10(2)15(9-12(16)17)13(18)11-6-5-7-14(8-11)21(3,19)20/h10-11H,4-9H2,1-3H3,(H,16,17). The van der Waals surface area contributed by atoms with Crippen molar-refractivity contribution in [2.24, 2.45) is 5.92 Å². The molecule has 1 saturated heterocycles. The molecule has 0 bridgehead atoms. The van der Waals surface area contributed by atoms with Gasteiger partial charge in [-0.15, -0.1) is 0 Å². The maximum absolute atomic E-state index is 12.5. The molecule has 2 unspecified atom stereocenters. The number of piperidine rings is 1. The van der Waals surface area contributed by atoms with Crippen LogP contribution in [-0.4, -0.2) is 66.5 Å². The van der Waals surface area contributed by atoms with Crippen LogP contribution in [0, 0.1) is 5.92 Å². The van der Waals surface area contributed by atoms with Crippen LogP contribution in [0.2, 0.25) is 0 Å². The molecular weight excluding hydrogens is 296 g/mol. The smallest absolute Gasteiger partial charge is 0.323 e. The van der Waals surface area contributed by atoms with Crippen LogP contribution in [0.1, 0.15) is 33.1 Å². The van der Waals surface area contributed by atoms with Gasteiger partial charge in [0.05, 0.1) is 12.2 Å². The Labute approximate surface area is 126 Å². The fraction of sp³-hybridized carbons (Fsp3) is 0.846. The topological polar surface area (TPSA) is 95.0 Å². The predicted octanol–water partition coefficient (Wildman–Crippen LogP) is 0.370. The molecule has 1 amide bonds. The minimum Gasteiger partial charge on any atom is -0.480 e. The summed E-state index contributed by atoms with van der Waals surface area (Å²) in [5, 5.41) is 8.96. The van der Waals surface area contributed by atoms with Crippen molar-refractivity contribution < 1.29 is 23.1 Å². The molecule has 0 aliphatic carbocycles. The first-order valence-electron chi connectivity index (χ1n) is 7.14. The van der Waals surface area contributed by atoms with Crippen LogP contribution in [0.5, 0.6) is 0 Å². The number of nitrogens with zero attached hydrogens (tertiary/aromatic N) is 2. The molecule has 1 rings (SSSR count). The minimum atomic E-state index is -3.32. The molecule has 0 radical (unpaired) electrons. The Morgan fingerprint density at radius 2 is 2.05 bits per heavy atom. The van der Waals surface area contributed by atoms with Crippen molar-refractivity contribution in [3.05, 3.63) is 0 Å². The van der Waals surface area contributed by atoms with Gasteiger partial charge in [-0.2, -0.15) is 0 Å². The Morgan fingerprint density at radius 1 is 1.43 bits per heavy atom. The van der Waals surface area contributed by atoms with E-state index in [0.29, 0.717) is 25.8 Å². The van der Waals surface area contributed by atoms with Gasteiger partial charge >= 0.3 is 5.97 Å². The van der Waals surface area contributed by atoms with E-state index in [-0.39, 0.29) is 25.0 Å². The highest BCUT2D eigenvalue weighted by atomic mass is 32.2. The molecule has 1 heterocycles. The molecule has 1 aliphatic heterocycles. The molecule has 8 heteroatoms. The second-order valence-electron chi connectivity index (χ2n) is 5.58. The lowest BCUT2D eigenvalue weighted by Gasteiger charge is -2.35. The maximum Gasteiger partial charge on any atom is 0.323 e. The molecule has 21 heavy (non-hydrogen) atoms. The average molecular weight is 320 g/mol. The van der Waals surface area contributed by atoms with E-state index >= 15 is 0 Å². The van der Waals surface area contributed by atoms with Gasteiger partial charge in [-0.3, -0.25) is 9.59 Å². The number of aliphatic carboxylic acids is 1. The summed E-state index contributed by atoms with van der Waals surface area (Å²) in [5.74, 6) is -1.78. The number of carbonyl (C=O) groups excluding carboxylic acids is 1. The van der Waals surface area contributed by atoms with E-state index in [1.807, 2.05) is 6.92 Å². The summed E-state index contributed by atoms with van der Waals surface area (Å²) in [6.07, 6.45) is 2.99. The zero-order chi connectivity index (χ0) is 16.2. The van der Waals surface area contributed by atoms with E-state index in [1.165, 1.54) is 9.21 Å². The van der Waals surface area contributed by atoms with Crippen molar-refractivity contribution in [1.82, 2.24) is 9.21 Å². The lowest BCUT2D eigenvalue weighted by Crippen LogP contribution is -2.50. The van der Waals surface area contributed by atoms with E-state index in [1.54, 1.807) is 6.92 Å². The molecule has 122 valence electrons. The molecule has 7 nitrogen and oxygen atoms in total. The molecule has 2 atom stereocenters. The van der Waals surface area contributed by atoms with E-state index in [4.69, 9.17) is 5.11 Å². The van der Waals surface area contributed by atoms with Crippen LogP contribution >= 0.6 is 0 Å². The van der Waals surface area contributed by atoms with Crippen molar-refractivity contribution in [1.29, 1.82) is 0 Å². The van der Waals surface area contributed by atoms with Crippen molar-refractivity contribution in [2.75, 3.05) is 25.9 Å². The van der Waals surface area contributed by atoms with Crippen LogP contribution in [0.3, 0.4) is 0 Å². The molecule has 0 aromatic heterocycles. The molecule has 1 aliphatic rings. The maximum atomic E-state index is 12.5. The van der Waals surface area contributed by atoms with Gasteiger partial charge in [0, 0.05) is 19.1 Å². The first-order chi connectivity index (χ1) is 9.66. The molecule has 0 aromatic rings. The van der Waals surface area contributed by atoms with Crippen molar-refractivity contribution in [3.8, 4) is 0 Å². The van der Waals surface area contributed by atoms with Gasteiger partial charge in [-0.25, -0.2) is 12.7 Å². The number of carbonyl (C=O) groups is 2. The number of amides is 1. The summed E-state index contributed by atoms with van der Waals surface area (Å²) in [6, 6.07) is -0.179. The summed E-state index contributed by atoms with van der Waals surface area (Å²) in [6.45, 7) is 3.91. The molecule has 1 fully saturated rings. The fourth-order valence-corrected chi connectivity index (χ4v) is 3.41. The van der Waals surface area contributed by atoms with Gasteiger partial charge in [0.25, 0.3) is 0 Å². The van der Waals surface area contributed by atoms with Gasteiger partial charge < -0.3 is 10.0 Å². The summed E-state index contributed by atoms with van der Waals surface area (Å²) in [4.78, 5) is 24.8. The third kappa shape index (κ3) is 4.96. The number of hydrogen-bond acceptors (Lipinski definition) is 4. The Hall–Kier alpha value is -1.15. The van der Waals surface area contributed by atoms with Crippen molar-refractivity contribution >= 4 is 21.9 Å².